The zero-order valence-corrected chi connectivity index (χ0v) is 12.2. The first-order valence-electron chi connectivity index (χ1n) is 7.06. The molecule has 1 aromatic rings. The predicted octanol–water partition coefficient (Wildman–Crippen LogP) is 0.754. The molecule has 6 nitrogen and oxygen atoms in total. The molecule has 1 aliphatic heterocycles. The molecule has 0 aliphatic carbocycles. The number of carbonyl (C=O) groups excluding carboxylic acids is 1. The number of aliphatic hydroxyl groups excluding tert-OH is 1. The van der Waals surface area contributed by atoms with Crippen LogP contribution in [0.25, 0.3) is 0 Å². The number of carbonyl (C=O) groups is 1. The number of hydrogen-bond acceptors (Lipinski definition) is 5. The second-order valence-electron chi connectivity index (χ2n) is 5.65. The molecular weight excluding hydrogens is 256 g/mol. The highest BCUT2D eigenvalue weighted by Gasteiger charge is 2.24. The molecule has 2 rings (SSSR count). The Bertz CT molecular complexity index is 502. The summed E-state index contributed by atoms with van der Waals surface area (Å²) in [4.78, 5) is 20.9. The topological polar surface area (TPSA) is 87.1 Å². The summed E-state index contributed by atoms with van der Waals surface area (Å²) in [6, 6.07) is -0.106. The summed E-state index contributed by atoms with van der Waals surface area (Å²) in [7, 11) is 0. The van der Waals surface area contributed by atoms with Gasteiger partial charge in [0.25, 0.3) is 5.91 Å². The fraction of sp³-hybridized carbons (Fsp3) is 0.643. The lowest BCUT2D eigenvalue weighted by molar-refractivity contribution is 0.0940. The Morgan fingerprint density at radius 2 is 2.10 bits per heavy atom. The molecule has 0 saturated carbocycles. The second kappa shape index (κ2) is 6.17. The van der Waals surface area contributed by atoms with E-state index in [2.05, 4.69) is 34.4 Å². The van der Waals surface area contributed by atoms with Crippen molar-refractivity contribution >= 4 is 11.7 Å². The van der Waals surface area contributed by atoms with E-state index < -0.39 is 0 Å². The van der Waals surface area contributed by atoms with Crippen molar-refractivity contribution in [1.29, 1.82) is 0 Å². The number of amides is 1. The molecule has 3 N–H and O–H groups in total. The summed E-state index contributed by atoms with van der Waals surface area (Å²) in [5, 5.41) is 15.2. The van der Waals surface area contributed by atoms with E-state index in [1.54, 1.807) is 0 Å². The highest BCUT2D eigenvalue weighted by atomic mass is 16.3. The van der Waals surface area contributed by atoms with Gasteiger partial charge in [0.05, 0.1) is 6.61 Å². The number of nitrogens with zero attached hydrogens (tertiary/aromatic N) is 2. The minimum absolute atomic E-state index is 0.0183. The van der Waals surface area contributed by atoms with Gasteiger partial charge in [-0.2, -0.15) is 0 Å². The lowest BCUT2D eigenvalue weighted by Crippen LogP contribution is -2.35. The number of anilines is 1. The molecule has 0 unspecified atom stereocenters. The molecule has 0 bridgehead atoms. The molecule has 0 aromatic carbocycles. The molecule has 20 heavy (non-hydrogen) atoms. The van der Waals surface area contributed by atoms with Crippen LogP contribution in [0.2, 0.25) is 0 Å². The number of rotatable bonds is 5. The molecule has 0 spiro atoms. The number of fused-ring (bicyclic) bond motifs is 1. The van der Waals surface area contributed by atoms with Gasteiger partial charge in [0, 0.05) is 24.6 Å². The highest BCUT2D eigenvalue weighted by molar-refractivity contribution is 5.96. The zero-order valence-electron chi connectivity index (χ0n) is 12.2. The predicted molar refractivity (Wildman–Crippen MR) is 76.8 cm³/mol. The van der Waals surface area contributed by atoms with E-state index >= 15 is 0 Å². The van der Waals surface area contributed by atoms with Crippen molar-refractivity contribution in [3.05, 3.63) is 17.1 Å². The van der Waals surface area contributed by atoms with Crippen LogP contribution in [-0.2, 0) is 12.8 Å². The largest absolute Gasteiger partial charge is 0.394 e. The molecule has 0 saturated heterocycles. The van der Waals surface area contributed by atoms with Gasteiger partial charge < -0.3 is 15.7 Å². The van der Waals surface area contributed by atoms with Gasteiger partial charge >= 0.3 is 0 Å². The van der Waals surface area contributed by atoms with Crippen LogP contribution in [-0.4, -0.2) is 40.2 Å². The normalized spacial score (nSPS) is 15.8. The van der Waals surface area contributed by atoms with Crippen LogP contribution in [0.3, 0.4) is 0 Å². The molecule has 1 aliphatic rings. The van der Waals surface area contributed by atoms with Crippen molar-refractivity contribution in [3.63, 3.8) is 0 Å². The Hall–Kier alpha value is -1.69. The van der Waals surface area contributed by atoms with E-state index in [-0.39, 0.29) is 18.6 Å². The Kier molecular flexibility index (Phi) is 4.54. The van der Waals surface area contributed by atoms with Gasteiger partial charge in [0.15, 0.2) is 0 Å². The molecule has 6 heteroatoms. The molecular formula is C14H22N4O2. The molecule has 0 fully saturated rings. The third-order valence-corrected chi connectivity index (χ3v) is 3.18. The van der Waals surface area contributed by atoms with Crippen molar-refractivity contribution in [2.75, 3.05) is 18.5 Å². The summed E-state index contributed by atoms with van der Waals surface area (Å²) >= 11 is 0. The average molecular weight is 278 g/mol. The van der Waals surface area contributed by atoms with Crippen LogP contribution in [0.5, 0.6) is 0 Å². The number of aromatic nitrogens is 2. The minimum atomic E-state index is -0.140. The summed E-state index contributed by atoms with van der Waals surface area (Å²) in [6.07, 6.45) is 1.44. The number of nitrogens with one attached hydrogen (secondary N) is 2. The SMILES string of the molecule is CC(C)Cc1nc(N[C@H](C)CO)c2c(n1)C(=O)NCC2. The highest BCUT2D eigenvalue weighted by Crippen LogP contribution is 2.22. The van der Waals surface area contributed by atoms with Crippen LogP contribution in [0.15, 0.2) is 0 Å². The summed E-state index contributed by atoms with van der Waals surface area (Å²) < 4.78 is 0. The lowest BCUT2D eigenvalue weighted by Gasteiger charge is -2.22. The zero-order chi connectivity index (χ0) is 14.7. The van der Waals surface area contributed by atoms with Gasteiger partial charge in [-0.3, -0.25) is 4.79 Å². The Labute approximate surface area is 119 Å². The van der Waals surface area contributed by atoms with Crippen molar-refractivity contribution in [1.82, 2.24) is 15.3 Å². The Balaban J connectivity index is 2.41. The third kappa shape index (κ3) is 3.25. The lowest BCUT2D eigenvalue weighted by atomic mass is 10.0. The molecule has 110 valence electrons. The first-order valence-corrected chi connectivity index (χ1v) is 7.06. The minimum Gasteiger partial charge on any atom is -0.394 e. The second-order valence-corrected chi connectivity index (χ2v) is 5.65. The van der Waals surface area contributed by atoms with Gasteiger partial charge in [0.1, 0.15) is 17.3 Å². The maximum Gasteiger partial charge on any atom is 0.270 e. The van der Waals surface area contributed by atoms with Gasteiger partial charge in [-0.15, -0.1) is 0 Å². The van der Waals surface area contributed by atoms with E-state index in [0.29, 0.717) is 36.2 Å². The molecule has 2 heterocycles. The monoisotopic (exact) mass is 278 g/mol. The standard InChI is InChI=1S/C14H22N4O2/c1-8(2)6-11-17-12-10(4-5-15-14(12)20)13(18-11)16-9(3)7-19/h8-9,19H,4-7H2,1-3H3,(H,15,20)(H,16,17,18)/t9-/m1/s1. The van der Waals surface area contributed by atoms with Crippen LogP contribution in [0, 0.1) is 5.92 Å². The first kappa shape index (κ1) is 14.7. The third-order valence-electron chi connectivity index (χ3n) is 3.18. The van der Waals surface area contributed by atoms with Crippen LogP contribution < -0.4 is 10.6 Å². The van der Waals surface area contributed by atoms with Crippen molar-refractivity contribution in [2.45, 2.75) is 39.7 Å². The molecule has 1 atom stereocenters. The van der Waals surface area contributed by atoms with Gasteiger partial charge in [-0.05, 0) is 19.3 Å². The fourth-order valence-electron chi connectivity index (χ4n) is 2.19. The molecule has 1 amide bonds. The van der Waals surface area contributed by atoms with E-state index in [0.717, 1.165) is 12.0 Å². The van der Waals surface area contributed by atoms with Crippen molar-refractivity contribution in [2.24, 2.45) is 5.92 Å². The van der Waals surface area contributed by atoms with Gasteiger partial charge in [-0.1, -0.05) is 13.8 Å². The fourth-order valence-corrected chi connectivity index (χ4v) is 2.19. The van der Waals surface area contributed by atoms with Crippen molar-refractivity contribution < 1.29 is 9.90 Å². The van der Waals surface area contributed by atoms with Crippen LogP contribution in [0.1, 0.15) is 42.6 Å². The van der Waals surface area contributed by atoms with E-state index in [1.807, 2.05) is 6.92 Å². The van der Waals surface area contributed by atoms with Gasteiger partial charge in [0.2, 0.25) is 0 Å². The summed E-state index contributed by atoms with van der Waals surface area (Å²) in [5.74, 6) is 1.63. The van der Waals surface area contributed by atoms with Crippen LogP contribution >= 0.6 is 0 Å². The van der Waals surface area contributed by atoms with Gasteiger partial charge in [-0.25, -0.2) is 9.97 Å². The number of aliphatic hydroxyl groups is 1. The molecule has 0 radical (unpaired) electrons. The van der Waals surface area contributed by atoms with Crippen LogP contribution in [0.4, 0.5) is 5.82 Å². The van der Waals surface area contributed by atoms with E-state index in [4.69, 9.17) is 0 Å². The first-order chi connectivity index (χ1) is 9.51. The average Bonchev–Trinajstić information content (AvgIpc) is 2.39. The van der Waals surface area contributed by atoms with E-state index in [1.165, 1.54) is 0 Å². The molecule has 1 aromatic heterocycles. The quantitative estimate of drug-likeness (QED) is 0.740. The van der Waals surface area contributed by atoms with E-state index in [9.17, 15) is 9.90 Å². The maximum absolute atomic E-state index is 12.0. The Morgan fingerprint density at radius 3 is 2.75 bits per heavy atom. The smallest absolute Gasteiger partial charge is 0.270 e. The maximum atomic E-state index is 12.0. The summed E-state index contributed by atoms with van der Waals surface area (Å²) in [5.41, 5.74) is 1.32. The Morgan fingerprint density at radius 1 is 1.35 bits per heavy atom. The number of hydrogen-bond donors (Lipinski definition) is 3. The summed E-state index contributed by atoms with van der Waals surface area (Å²) in [6.45, 7) is 6.67. The van der Waals surface area contributed by atoms with Crippen molar-refractivity contribution in [3.8, 4) is 0 Å².